The average Bonchev–Trinajstić information content (AvgIpc) is 1.31. The molecule has 1 aliphatic carbocycles. The smallest absolute Gasteiger partial charge is 1.00 e. The van der Waals surface area contributed by atoms with Gasteiger partial charge in [0.2, 0.25) is 0 Å². The second kappa shape index (κ2) is 6.18. The van der Waals surface area contributed by atoms with Crippen LogP contribution >= 0.6 is 0 Å². The van der Waals surface area contributed by atoms with E-state index in [2.05, 4.69) is 6.92 Å². The number of hydrogen-bond acceptors (Lipinski definition) is 0. The van der Waals surface area contributed by atoms with Gasteiger partial charge in [0.05, 0.1) is 0 Å². The van der Waals surface area contributed by atoms with Gasteiger partial charge in [0.1, 0.15) is 0 Å². The molecular formula is C6H11ClMg. The molecule has 0 heterocycles. The van der Waals surface area contributed by atoms with Crippen LogP contribution in [0.2, 0.25) is 0 Å². The van der Waals surface area contributed by atoms with Crippen molar-refractivity contribution < 1.29 is 12.4 Å². The van der Waals surface area contributed by atoms with Gasteiger partial charge in [-0.05, 0) is 0 Å². The molecule has 0 spiro atoms. The molecule has 0 aliphatic heterocycles. The van der Waals surface area contributed by atoms with Crippen molar-refractivity contribution >= 4 is 23.1 Å². The van der Waals surface area contributed by atoms with Crippen LogP contribution in [0.25, 0.3) is 0 Å². The standard InChI is InChI=1S/C6H11.ClH.Mg/c1-2-6-4-3-5-6;;/h2-5H2,1H3;1H;/q-1;;+2/p-1. The van der Waals surface area contributed by atoms with Gasteiger partial charge in [-0.2, -0.15) is 19.3 Å². The van der Waals surface area contributed by atoms with Crippen molar-refractivity contribution in [2.24, 2.45) is 0 Å². The normalized spacial score (nSPS) is 17.6. The van der Waals surface area contributed by atoms with Gasteiger partial charge < -0.3 is 18.3 Å². The maximum absolute atomic E-state index is 2.24. The van der Waals surface area contributed by atoms with E-state index in [4.69, 9.17) is 0 Å². The van der Waals surface area contributed by atoms with Crippen molar-refractivity contribution in [3.63, 3.8) is 0 Å². The molecule has 0 aromatic heterocycles. The predicted molar refractivity (Wildman–Crippen MR) is 33.1 cm³/mol. The Kier molecular flexibility index (Phi) is 9.12. The average molecular weight is 143 g/mol. The Morgan fingerprint density at radius 1 is 1.38 bits per heavy atom. The van der Waals surface area contributed by atoms with E-state index in [0.717, 1.165) is 0 Å². The Labute approximate surface area is 74.0 Å². The molecule has 0 nitrogen and oxygen atoms in total. The zero-order valence-electron chi connectivity index (χ0n) is 5.41. The Bertz CT molecular complexity index is 41.0. The Morgan fingerprint density at radius 3 is 1.88 bits per heavy atom. The van der Waals surface area contributed by atoms with Crippen molar-refractivity contribution in [3.8, 4) is 0 Å². The topological polar surface area (TPSA) is 0 Å². The fraction of sp³-hybridized carbons (Fsp3) is 0.833. The van der Waals surface area contributed by atoms with Crippen molar-refractivity contribution in [2.75, 3.05) is 0 Å². The van der Waals surface area contributed by atoms with Crippen LogP contribution in [0.4, 0.5) is 0 Å². The SMILES string of the molecule is CC[C-]1CCC1.[Cl-].[Mg+2]. The zero-order valence-corrected chi connectivity index (χ0v) is 7.58. The molecule has 0 aromatic carbocycles. The first-order valence-electron chi connectivity index (χ1n) is 2.77. The van der Waals surface area contributed by atoms with Crippen molar-refractivity contribution in [2.45, 2.75) is 32.6 Å². The summed E-state index contributed by atoms with van der Waals surface area (Å²) in [6.07, 6.45) is 5.65. The fourth-order valence-electron chi connectivity index (χ4n) is 0.780. The van der Waals surface area contributed by atoms with Gasteiger partial charge in [0, 0.05) is 0 Å². The third kappa shape index (κ3) is 3.16. The first-order valence-corrected chi connectivity index (χ1v) is 2.77. The predicted octanol–water partition coefficient (Wildman–Crippen LogP) is -1.22. The van der Waals surface area contributed by atoms with E-state index in [-0.39, 0.29) is 35.5 Å². The molecule has 1 rings (SSSR count). The second-order valence-electron chi connectivity index (χ2n) is 1.96. The van der Waals surface area contributed by atoms with Crippen LogP contribution in [0.3, 0.4) is 0 Å². The minimum absolute atomic E-state index is 0. The summed E-state index contributed by atoms with van der Waals surface area (Å²) >= 11 is 0. The maximum Gasteiger partial charge on any atom is 2.00 e. The third-order valence-corrected chi connectivity index (χ3v) is 1.56. The van der Waals surface area contributed by atoms with Gasteiger partial charge in [0.25, 0.3) is 0 Å². The Morgan fingerprint density at radius 2 is 1.88 bits per heavy atom. The van der Waals surface area contributed by atoms with Crippen LogP contribution in [0, 0.1) is 5.92 Å². The van der Waals surface area contributed by atoms with Crippen molar-refractivity contribution in [1.29, 1.82) is 0 Å². The van der Waals surface area contributed by atoms with E-state index in [1.165, 1.54) is 25.7 Å². The van der Waals surface area contributed by atoms with Crippen LogP contribution in [-0.2, 0) is 0 Å². The molecular weight excluding hydrogens is 132 g/mol. The molecule has 1 aliphatic rings. The largest absolute Gasteiger partial charge is 2.00 e. The van der Waals surface area contributed by atoms with Crippen molar-refractivity contribution in [1.82, 2.24) is 0 Å². The first-order chi connectivity index (χ1) is 2.93. The Balaban J connectivity index is 0. The summed E-state index contributed by atoms with van der Waals surface area (Å²) in [6, 6.07) is 0. The molecule has 44 valence electrons. The van der Waals surface area contributed by atoms with Gasteiger partial charge in [-0.1, -0.05) is 6.92 Å². The summed E-state index contributed by atoms with van der Waals surface area (Å²) in [4.78, 5) is 0. The molecule has 0 N–H and O–H groups in total. The summed E-state index contributed by atoms with van der Waals surface area (Å²) in [5, 5.41) is 0. The quantitative estimate of drug-likeness (QED) is 0.318. The van der Waals surface area contributed by atoms with Gasteiger partial charge in [0.15, 0.2) is 0 Å². The maximum atomic E-state index is 2.24. The Hall–Kier alpha value is 1.06. The van der Waals surface area contributed by atoms with Crippen LogP contribution < -0.4 is 12.4 Å². The number of hydrogen-bond donors (Lipinski definition) is 0. The van der Waals surface area contributed by atoms with Gasteiger partial charge >= 0.3 is 23.1 Å². The zero-order chi connectivity index (χ0) is 4.41. The molecule has 2 heteroatoms. The fourth-order valence-corrected chi connectivity index (χ4v) is 0.780. The second-order valence-corrected chi connectivity index (χ2v) is 1.96. The molecule has 0 atom stereocenters. The summed E-state index contributed by atoms with van der Waals surface area (Å²) in [5.74, 6) is 1.77. The molecule has 1 saturated carbocycles. The molecule has 0 unspecified atom stereocenters. The molecule has 0 bridgehead atoms. The summed E-state index contributed by atoms with van der Waals surface area (Å²) in [7, 11) is 0. The van der Waals surface area contributed by atoms with E-state index in [0.29, 0.717) is 0 Å². The summed E-state index contributed by atoms with van der Waals surface area (Å²) in [6.45, 7) is 2.24. The van der Waals surface area contributed by atoms with E-state index >= 15 is 0 Å². The minimum atomic E-state index is 0. The number of rotatable bonds is 1. The van der Waals surface area contributed by atoms with E-state index in [9.17, 15) is 0 Å². The first kappa shape index (κ1) is 11.8. The van der Waals surface area contributed by atoms with Gasteiger partial charge in [-0.3, -0.25) is 0 Å². The van der Waals surface area contributed by atoms with Gasteiger partial charge in [-0.25, -0.2) is 0 Å². The number of halogens is 1. The molecule has 0 amide bonds. The molecule has 0 radical (unpaired) electrons. The van der Waals surface area contributed by atoms with Crippen LogP contribution in [0.5, 0.6) is 0 Å². The third-order valence-electron chi connectivity index (χ3n) is 1.56. The van der Waals surface area contributed by atoms with E-state index in [1.807, 2.05) is 0 Å². The summed E-state index contributed by atoms with van der Waals surface area (Å²) < 4.78 is 0. The minimum Gasteiger partial charge on any atom is -1.00 e. The summed E-state index contributed by atoms with van der Waals surface area (Å²) in [5.41, 5.74) is 0. The monoisotopic (exact) mass is 142 g/mol. The molecule has 0 aromatic rings. The van der Waals surface area contributed by atoms with Crippen LogP contribution in [-0.4, -0.2) is 23.1 Å². The van der Waals surface area contributed by atoms with Crippen LogP contribution in [0.15, 0.2) is 0 Å². The van der Waals surface area contributed by atoms with E-state index in [1.54, 1.807) is 5.92 Å². The molecule has 1 fully saturated rings. The molecule has 0 saturated heterocycles. The van der Waals surface area contributed by atoms with E-state index < -0.39 is 0 Å². The molecule has 8 heavy (non-hydrogen) atoms. The van der Waals surface area contributed by atoms with Crippen LogP contribution in [0.1, 0.15) is 32.6 Å². The van der Waals surface area contributed by atoms with Crippen molar-refractivity contribution in [3.05, 3.63) is 5.92 Å². The van der Waals surface area contributed by atoms with Gasteiger partial charge in [-0.15, -0.1) is 6.42 Å².